The van der Waals surface area contributed by atoms with Gasteiger partial charge in [0.1, 0.15) is 0 Å². The third-order valence-electron chi connectivity index (χ3n) is 5.61. The molecule has 0 aliphatic heterocycles. The Morgan fingerprint density at radius 2 is 1.07 bits per heavy atom. The van der Waals surface area contributed by atoms with Crippen LogP contribution in [0.1, 0.15) is 115 Å². The van der Waals surface area contributed by atoms with Crippen LogP contribution >= 0.6 is 0 Å². The Labute approximate surface area is 186 Å². The fourth-order valence-electron chi connectivity index (χ4n) is 3.62. The molecule has 30 heavy (non-hydrogen) atoms. The SMILES string of the molecule is CCCCCCCCCCCCCCCCCCNOS(=O)(=O)c1ccc(C)cc1. The molecule has 0 amide bonds. The molecular weight excluding hydrogens is 394 g/mol. The summed E-state index contributed by atoms with van der Waals surface area (Å²) in [7, 11) is -3.71. The molecule has 0 atom stereocenters. The van der Waals surface area contributed by atoms with E-state index in [4.69, 9.17) is 4.28 Å². The molecule has 0 aliphatic rings. The highest BCUT2D eigenvalue weighted by Crippen LogP contribution is 2.14. The summed E-state index contributed by atoms with van der Waals surface area (Å²) in [5, 5.41) is 0. The number of nitrogens with one attached hydrogen (secondary N) is 1. The van der Waals surface area contributed by atoms with Crippen LogP contribution in [0.15, 0.2) is 29.2 Å². The van der Waals surface area contributed by atoms with Crippen molar-refractivity contribution in [3.63, 3.8) is 0 Å². The maximum Gasteiger partial charge on any atom is 0.312 e. The number of hydrogen-bond acceptors (Lipinski definition) is 4. The molecule has 0 fully saturated rings. The van der Waals surface area contributed by atoms with E-state index in [1.807, 2.05) is 6.92 Å². The van der Waals surface area contributed by atoms with Gasteiger partial charge >= 0.3 is 10.1 Å². The number of benzene rings is 1. The Kier molecular flexibility index (Phi) is 16.0. The number of hydroxylamine groups is 1. The van der Waals surface area contributed by atoms with Crippen LogP contribution in [0.25, 0.3) is 0 Å². The number of hydrogen-bond donors (Lipinski definition) is 1. The van der Waals surface area contributed by atoms with Gasteiger partial charge in [0, 0.05) is 6.54 Å². The lowest BCUT2D eigenvalue weighted by atomic mass is 10.0. The molecule has 0 spiro atoms. The van der Waals surface area contributed by atoms with Crippen molar-refractivity contribution in [1.29, 1.82) is 0 Å². The fraction of sp³-hybridized carbons (Fsp3) is 0.760. The van der Waals surface area contributed by atoms with Crippen LogP contribution in [0.3, 0.4) is 0 Å². The van der Waals surface area contributed by atoms with Crippen molar-refractivity contribution < 1.29 is 12.7 Å². The van der Waals surface area contributed by atoms with Crippen LogP contribution < -0.4 is 5.48 Å². The minimum Gasteiger partial charge on any atom is -0.192 e. The summed E-state index contributed by atoms with van der Waals surface area (Å²) in [6, 6.07) is 6.68. The maximum atomic E-state index is 12.0. The van der Waals surface area contributed by atoms with Crippen LogP contribution in [-0.2, 0) is 14.4 Å². The van der Waals surface area contributed by atoms with Crippen LogP contribution in [0, 0.1) is 6.92 Å². The van der Waals surface area contributed by atoms with Gasteiger partial charge in [-0.25, -0.2) is 0 Å². The first-order valence-electron chi connectivity index (χ1n) is 12.3. The van der Waals surface area contributed by atoms with E-state index in [9.17, 15) is 8.42 Å². The molecule has 174 valence electrons. The lowest BCUT2D eigenvalue weighted by Gasteiger charge is -2.07. The van der Waals surface area contributed by atoms with Gasteiger partial charge in [0.2, 0.25) is 0 Å². The predicted octanol–water partition coefficient (Wildman–Crippen LogP) is 7.47. The Morgan fingerprint density at radius 3 is 1.50 bits per heavy atom. The van der Waals surface area contributed by atoms with Crippen LogP contribution in [0.4, 0.5) is 0 Å². The van der Waals surface area contributed by atoms with Crippen LogP contribution in [0.5, 0.6) is 0 Å². The van der Waals surface area contributed by atoms with Gasteiger partial charge in [0.25, 0.3) is 0 Å². The summed E-state index contributed by atoms with van der Waals surface area (Å²) in [5.74, 6) is 0. The quantitative estimate of drug-likeness (QED) is 0.169. The summed E-state index contributed by atoms with van der Waals surface area (Å²) in [6.45, 7) is 4.76. The summed E-state index contributed by atoms with van der Waals surface area (Å²) in [5.41, 5.74) is 3.62. The van der Waals surface area contributed by atoms with Crippen molar-refractivity contribution in [2.24, 2.45) is 0 Å². The van der Waals surface area contributed by atoms with E-state index < -0.39 is 10.1 Å². The van der Waals surface area contributed by atoms with Gasteiger partial charge in [-0.2, -0.15) is 18.2 Å². The number of aryl methyl sites for hydroxylation is 1. The van der Waals surface area contributed by atoms with E-state index in [0.717, 1.165) is 18.4 Å². The van der Waals surface area contributed by atoms with Crippen molar-refractivity contribution >= 4 is 10.1 Å². The van der Waals surface area contributed by atoms with E-state index >= 15 is 0 Å². The van der Waals surface area contributed by atoms with Gasteiger partial charge in [0.05, 0.1) is 4.90 Å². The summed E-state index contributed by atoms with van der Waals surface area (Å²) < 4.78 is 29.0. The topological polar surface area (TPSA) is 55.4 Å². The summed E-state index contributed by atoms with van der Waals surface area (Å²) >= 11 is 0. The molecule has 0 radical (unpaired) electrons. The molecule has 4 nitrogen and oxygen atoms in total. The van der Waals surface area contributed by atoms with Crippen LogP contribution in [-0.4, -0.2) is 15.0 Å². The van der Waals surface area contributed by atoms with E-state index in [-0.39, 0.29) is 4.90 Å². The summed E-state index contributed by atoms with van der Waals surface area (Å²) in [6.07, 6.45) is 21.2. The second-order valence-corrected chi connectivity index (χ2v) is 10.1. The van der Waals surface area contributed by atoms with Crippen molar-refractivity contribution in [1.82, 2.24) is 5.48 Å². The second kappa shape index (κ2) is 17.7. The standard InChI is InChI=1S/C25H45NO3S/c1-3-4-5-6-7-8-9-10-11-12-13-14-15-16-17-18-23-26-29-30(27,28)25-21-19-24(2)20-22-25/h19-22,26H,3-18,23H2,1-2H3. The molecule has 1 rings (SSSR count). The van der Waals surface area contributed by atoms with Crippen molar-refractivity contribution in [3.05, 3.63) is 29.8 Å². The first kappa shape index (κ1) is 27.1. The van der Waals surface area contributed by atoms with Crippen LogP contribution in [0.2, 0.25) is 0 Å². The van der Waals surface area contributed by atoms with Gasteiger partial charge in [-0.3, -0.25) is 0 Å². The van der Waals surface area contributed by atoms with Gasteiger partial charge in [-0.15, -0.1) is 0 Å². The largest absolute Gasteiger partial charge is 0.312 e. The molecule has 0 unspecified atom stereocenters. The first-order chi connectivity index (χ1) is 14.6. The monoisotopic (exact) mass is 439 g/mol. The molecule has 1 aromatic carbocycles. The fourth-order valence-corrected chi connectivity index (χ4v) is 4.42. The Balaban J connectivity index is 1.84. The minimum absolute atomic E-state index is 0.188. The average molecular weight is 440 g/mol. The Morgan fingerprint density at radius 1 is 0.667 bits per heavy atom. The minimum atomic E-state index is -3.71. The Bertz CT molecular complexity index is 614. The molecule has 1 N–H and O–H groups in total. The second-order valence-electron chi connectivity index (χ2n) is 8.55. The predicted molar refractivity (Wildman–Crippen MR) is 127 cm³/mol. The third-order valence-corrected chi connectivity index (χ3v) is 6.80. The zero-order valence-corrected chi connectivity index (χ0v) is 20.3. The summed E-state index contributed by atoms with van der Waals surface area (Å²) in [4.78, 5) is 0.188. The zero-order valence-electron chi connectivity index (χ0n) is 19.5. The highest BCUT2D eigenvalue weighted by Gasteiger charge is 2.14. The molecule has 5 heteroatoms. The highest BCUT2D eigenvalue weighted by molar-refractivity contribution is 7.86. The average Bonchev–Trinajstić information content (AvgIpc) is 2.73. The molecule has 1 aromatic rings. The molecule has 0 aliphatic carbocycles. The zero-order chi connectivity index (χ0) is 21.9. The van der Waals surface area contributed by atoms with Gasteiger partial charge < -0.3 is 0 Å². The first-order valence-corrected chi connectivity index (χ1v) is 13.7. The molecule has 0 bridgehead atoms. The highest BCUT2D eigenvalue weighted by atomic mass is 32.2. The van der Waals surface area contributed by atoms with E-state index in [1.54, 1.807) is 24.3 Å². The maximum absolute atomic E-state index is 12.0. The number of rotatable bonds is 20. The molecule has 0 saturated heterocycles. The molecule has 0 saturated carbocycles. The third kappa shape index (κ3) is 14.2. The van der Waals surface area contributed by atoms with E-state index in [2.05, 4.69) is 12.4 Å². The lowest BCUT2D eigenvalue weighted by molar-refractivity contribution is 0.201. The van der Waals surface area contributed by atoms with E-state index in [1.165, 1.54) is 89.9 Å². The number of unbranched alkanes of at least 4 members (excludes halogenated alkanes) is 15. The lowest BCUT2D eigenvalue weighted by Crippen LogP contribution is -2.21. The van der Waals surface area contributed by atoms with Crippen molar-refractivity contribution in [2.75, 3.05) is 6.54 Å². The smallest absolute Gasteiger partial charge is 0.192 e. The Hall–Kier alpha value is -0.910. The van der Waals surface area contributed by atoms with Gasteiger partial charge in [-0.05, 0) is 25.5 Å². The molecular formula is C25H45NO3S. The molecule has 0 heterocycles. The molecule has 0 aromatic heterocycles. The van der Waals surface area contributed by atoms with Crippen molar-refractivity contribution in [3.8, 4) is 0 Å². The van der Waals surface area contributed by atoms with Gasteiger partial charge in [-0.1, -0.05) is 121 Å². The van der Waals surface area contributed by atoms with E-state index in [0.29, 0.717) is 6.54 Å². The normalized spacial score (nSPS) is 11.8. The van der Waals surface area contributed by atoms with Gasteiger partial charge in [0.15, 0.2) is 0 Å². The van der Waals surface area contributed by atoms with Crippen molar-refractivity contribution in [2.45, 2.75) is 121 Å².